The van der Waals surface area contributed by atoms with Crippen LogP contribution in [-0.4, -0.2) is 45.1 Å². The molecule has 1 aliphatic heterocycles. The summed E-state index contributed by atoms with van der Waals surface area (Å²) in [6.07, 6.45) is 4.99. The number of imidazole rings is 1. The Morgan fingerprint density at radius 1 is 1.65 bits per heavy atom. The van der Waals surface area contributed by atoms with Crippen LogP contribution >= 0.6 is 0 Å². The zero-order valence-corrected chi connectivity index (χ0v) is 11.5. The lowest BCUT2D eigenvalue weighted by Gasteiger charge is -2.21. The van der Waals surface area contributed by atoms with Gasteiger partial charge in [-0.15, -0.1) is 0 Å². The van der Waals surface area contributed by atoms with Crippen LogP contribution in [-0.2, 0) is 4.79 Å². The van der Waals surface area contributed by atoms with E-state index in [9.17, 15) is 9.59 Å². The van der Waals surface area contributed by atoms with E-state index in [1.165, 1.54) is 0 Å². The van der Waals surface area contributed by atoms with Crippen molar-refractivity contribution in [2.45, 2.75) is 32.2 Å². The number of hydrogen-bond acceptors (Lipinski definition) is 3. The van der Waals surface area contributed by atoms with Crippen molar-refractivity contribution in [3.8, 4) is 0 Å². The molecule has 0 radical (unpaired) electrons. The zero-order valence-electron chi connectivity index (χ0n) is 11.5. The van der Waals surface area contributed by atoms with E-state index in [4.69, 9.17) is 5.11 Å². The molecule has 1 aromatic rings. The molecule has 0 spiro atoms. The van der Waals surface area contributed by atoms with Crippen LogP contribution in [0.25, 0.3) is 0 Å². The molecule has 1 aliphatic rings. The first-order valence-corrected chi connectivity index (χ1v) is 6.86. The first-order chi connectivity index (χ1) is 9.60. The van der Waals surface area contributed by atoms with Gasteiger partial charge in [-0.05, 0) is 18.8 Å². The van der Waals surface area contributed by atoms with Crippen LogP contribution in [0.15, 0.2) is 12.4 Å². The molecule has 2 atom stereocenters. The molecule has 1 fully saturated rings. The van der Waals surface area contributed by atoms with Crippen molar-refractivity contribution in [1.82, 2.24) is 20.2 Å². The molecule has 3 N–H and O–H groups in total. The van der Waals surface area contributed by atoms with Gasteiger partial charge in [-0.25, -0.2) is 9.78 Å². The largest absolute Gasteiger partial charge is 0.481 e. The lowest BCUT2D eigenvalue weighted by Crippen LogP contribution is -2.40. The van der Waals surface area contributed by atoms with Crippen molar-refractivity contribution >= 4 is 12.0 Å². The molecule has 0 aromatic carbocycles. The summed E-state index contributed by atoms with van der Waals surface area (Å²) < 4.78 is 0. The van der Waals surface area contributed by atoms with E-state index in [1.54, 1.807) is 17.3 Å². The summed E-state index contributed by atoms with van der Waals surface area (Å²) in [5, 5.41) is 11.7. The Kier molecular flexibility index (Phi) is 4.60. The molecule has 7 heteroatoms. The molecule has 2 amide bonds. The first-order valence-electron chi connectivity index (χ1n) is 6.86. The van der Waals surface area contributed by atoms with Crippen LogP contribution < -0.4 is 5.32 Å². The first kappa shape index (κ1) is 14.4. The average Bonchev–Trinajstić information content (AvgIpc) is 3.05. The number of carbonyl (C=O) groups excluding carboxylic acids is 1. The topological polar surface area (TPSA) is 98.3 Å². The minimum Gasteiger partial charge on any atom is -0.481 e. The van der Waals surface area contributed by atoms with Crippen molar-refractivity contribution in [2.24, 2.45) is 5.92 Å². The van der Waals surface area contributed by atoms with E-state index in [-0.39, 0.29) is 24.4 Å². The number of aliphatic carboxylic acids is 1. The minimum absolute atomic E-state index is 0.0574. The van der Waals surface area contributed by atoms with Gasteiger partial charge >= 0.3 is 12.0 Å². The molecular formula is C13H20N4O3. The molecule has 1 saturated heterocycles. The molecule has 20 heavy (non-hydrogen) atoms. The van der Waals surface area contributed by atoms with Crippen LogP contribution in [0.4, 0.5) is 4.79 Å². The summed E-state index contributed by atoms with van der Waals surface area (Å²) in [6, 6.07) is -0.294. The van der Waals surface area contributed by atoms with Crippen molar-refractivity contribution in [2.75, 3.05) is 13.1 Å². The number of likely N-dealkylation sites (tertiary alicyclic amines) is 1. The van der Waals surface area contributed by atoms with E-state index in [0.717, 1.165) is 18.7 Å². The second kappa shape index (κ2) is 6.40. The van der Waals surface area contributed by atoms with E-state index in [1.807, 2.05) is 6.92 Å². The van der Waals surface area contributed by atoms with Crippen LogP contribution in [0.2, 0.25) is 0 Å². The molecule has 0 saturated carbocycles. The smallest absolute Gasteiger partial charge is 0.317 e. The molecule has 0 aliphatic carbocycles. The predicted octanol–water partition coefficient (Wildman–Crippen LogP) is 1.37. The number of carboxylic acid groups (broad SMARTS) is 1. The number of aromatic amines is 1. The highest BCUT2D eigenvalue weighted by Crippen LogP contribution is 2.20. The van der Waals surface area contributed by atoms with Gasteiger partial charge in [-0.1, -0.05) is 6.92 Å². The summed E-state index contributed by atoms with van der Waals surface area (Å²) in [6.45, 7) is 3.09. The summed E-state index contributed by atoms with van der Waals surface area (Å²) in [5.41, 5.74) is 0. The Balaban J connectivity index is 1.87. The van der Waals surface area contributed by atoms with Crippen LogP contribution in [0.1, 0.15) is 38.1 Å². The zero-order chi connectivity index (χ0) is 14.5. The SMILES string of the molecule is CCC(NC(=O)N1CCC(CC(=O)O)C1)c1ncc[nH]1. The molecule has 1 aromatic heterocycles. The van der Waals surface area contributed by atoms with Gasteiger partial charge in [0, 0.05) is 31.9 Å². The fraction of sp³-hybridized carbons (Fsp3) is 0.615. The molecule has 2 unspecified atom stereocenters. The number of H-pyrrole nitrogens is 1. The Hall–Kier alpha value is -2.05. The van der Waals surface area contributed by atoms with Crippen LogP contribution in [0.3, 0.4) is 0 Å². The Morgan fingerprint density at radius 3 is 3.05 bits per heavy atom. The highest BCUT2D eigenvalue weighted by molar-refractivity contribution is 5.75. The maximum atomic E-state index is 12.2. The average molecular weight is 280 g/mol. The lowest BCUT2D eigenvalue weighted by molar-refractivity contribution is -0.138. The number of carbonyl (C=O) groups is 2. The van der Waals surface area contributed by atoms with Crippen molar-refractivity contribution < 1.29 is 14.7 Å². The Bertz CT molecular complexity index is 460. The maximum absolute atomic E-state index is 12.2. The number of rotatable bonds is 5. The monoisotopic (exact) mass is 280 g/mol. The number of hydrogen-bond donors (Lipinski definition) is 3. The van der Waals surface area contributed by atoms with Gasteiger partial charge in [0.1, 0.15) is 5.82 Å². The number of carboxylic acids is 1. The van der Waals surface area contributed by atoms with Crippen molar-refractivity contribution in [1.29, 1.82) is 0 Å². The third-order valence-electron chi connectivity index (χ3n) is 3.59. The fourth-order valence-electron chi connectivity index (χ4n) is 2.50. The Morgan fingerprint density at radius 2 is 2.45 bits per heavy atom. The highest BCUT2D eigenvalue weighted by atomic mass is 16.4. The summed E-state index contributed by atoms with van der Waals surface area (Å²) in [4.78, 5) is 31.7. The number of urea groups is 1. The second-order valence-corrected chi connectivity index (χ2v) is 5.08. The van der Waals surface area contributed by atoms with Gasteiger partial charge < -0.3 is 20.3 Å². The minimum atomic E-state index is -0.806. The molecule has 0 bridgehead atoms. The third kappa shape index (κ3) is 3.49. The summed E-state index contributed by atoms with van der Waals surface area (Å²) in [7, 11) is 0. The van der Waals surface area contributed by atoms with Gasteiger partial charge in [0.25, 0.3) is 0 Å². The lowest BCUT2D eigenvalue weighted by atomic mass is 10.1. The quantitative estimate of drug-likeness (QED) is 0.758. The van der Waals surface area contributed by atoms with Gasteiger partial charge in [-0.3, -0.25) is 4.79 Å². The Labute approximate surface area is 117 Å². The van der Waals surface area contributed by atoms with Gasteiger partial charge in [-0.2, -0.15) is 0 Å². The summed E-state index contributed by atoms with van der Waals surface area (Å²) in [5.74, 6) is -0.0108. The molecule has 110 valence electrons. The number of nitrogens with one attached hydrogen (secondary N) is 2. The normalized spacial score (nSPS) is 19.9. The fourth-order valence-corrected chi connectivity index (χ4v) is 2.50. The second-order valence-electron chi connectivity index (χ2n) is 5.08. The van der Waals surface area contributed by atoms with E-state index >= 15 is 0 Å². The molecule has 2 heterocycles. The predicted molar refractivity (Wildman–Crippen MR) is 72.1 cm³/mol. The van der Waals surface area contributed by atoms with E-state index in [0.29, 0.717) is 13.1 Å². The van der Waals surface area contributed by atoms with Gasteiger partial charge in [0.05, 0.1) is 6.04 Å². The standard InChI is InChI=1S/C13H20N4O3/c1-2-10(12-14-4-5-15-12)16-13(20)17-6-3-9(8-17)7-11(18)19/h4-5,9-10H,2-3,6-8H2,1H3,(H,14,15)(H,16,20)(H,18,19). The third-order valence-corrected chi connectivity index (χ3v) is 3.59. The van der Waals surface area contributed by atoms with E-state index in [2.05, 4.69) is 15.3 Å². The molecule has 7 nitrogen and oxygen atoms in total. The van der Waals surface area contributed by atoms with Gasteiger partial charge in [0.15, 0.2) is 0 Å². The van der Waals surface area contributed by atoms with Crippen molar-refractivity contribution in [3.63, 3.8) is 0 Å². The van der Waals surface area contributed by atoms with Crippen LogP contribution in [0.5, 0.6) is 0 Å². The molecule has 2 rings (SSSR count). The van der Waals surface area contributed by atoms with Crippen LogP contribution in [0, 0.1) is 5.92 Å². The summed E-state index contributed by atoms with van der Waals surface area (Å²) >= 11 is 0. The molecular weight excluding hydrogens is 260 g/mol. The van der Waals surface area contributed by atoms with Gasteiger partial charge in [0.2, 0.25) is 0 Å². The number of nitrogens with zero attached hydrogens (tertiary/aromatic N) is 2. The van der Waals surface area contributed by atoms with Crippen molar-refractivity contribution in [3.05, 3.63) is 18.2 Å². The maximum Gasteiger partial charge on any atom is 0.317 e. The van der Waals surface area contributed by atoms with E-state index < -0.39 is 5.97 Å². The highest BCUT2D eigenvalue weighted by Gasteiger charge is 2.29. The number of aromatic nitrogens is 2. The number of amides is 2.